The summed E-state index contributed by atoms with van der Waals surface area (Å²) in [6.07, 6.45) is -0.869. The van der Waals surface area contributed by atoms with Crippen LogP contribution >= 0.6 is 22.6 Å². The average Bonchev–Trinajstić information content (AvgIpc) is 2.50. The molecule has 114 valence electrons. The van der Waals surface area contributed by atoms with Gasteiger partial charge in [0.1, 0.15) is 0 Å². The van der Waals surface area contributed by atoms with E-state index in [1.165, 1.54) is 0 Å². The number of ether oxygens (including phenoxy) is 1. The molecule has 0 heterocycles. The van der Waals surface area contributed by atoms with Crippen LogP contribution in [0.15, 0.2) is 48.5 Å². The lowest BCUT2D eigenvalue weighted by molar-refractivity contribution is -0.123. The number of rotatable bonds is 4. The molecule has 0 unspecified atom stereocenters. The Morgan fingerprint density at radius 2 is 1.73 bits per heavy atom. The van der Waals surface area contributed by atoms with Gasteiger partial charge in [-0.15, -0.1) is 0 Å². The Labute approximate surface area is 143 Å². The topological polar surface area (TPSA) is 55.4 Å². The predicted molar refractivity (Wildman–Crippen MR) is 93.8 cm³/mol. The van der Waals surface area contributed by atoms with Crippen LogP contribution in [0.2, 0.25) is 0 Å². The van der Waals surface area contributed by atoms with Crippen molar-refractivity contribution in [2.45, 2.75) is 20.0 Å². The van der Waals surface area contributed by atoms with Crippen molar-refractivity contribution in [1.82, 2.24) is 0 Å². The number of amides is 1. The Morgan fingerprint density at radius 1 is 1.09 bits per heavy atom. The highest BCUT2D eigenvalue weighted by atomic mass is 127. The van der Waals surface area contributed by atoms with Gasteiger partial charge in [0.15, 0.2) is 6.10 Å². The highest BCUT2D eigenvalue weighted by molar-refractivity contribution is 14.1. The van der Waals surface area contributed by atoms with E-state index >= 15 is 0 Å². The molecule has 0 aliphatic rings. The minimum Gasteiger partial charge on any atom is -0.449 e. The fourth-order valence-electron chi connectivity index (χ4n) is 1.82. The highest BCUT2D eigenvalue weighted by Crippen LogP contribution is 2.14. The molecule has 0 saturated carbocycles. The summed E-state index contributed by atoms with van der Waals surface area (Å²) in [7, 11) is 0. The van der Waals surface area contributed by atoms with Gasteiger partial charge in [-0.2, -0.15) is 0 Å². The number of para-hydroxylation sites is 1. The van der Waals surface area contributed by atoms with Crippen molar-refractivity contribution in [3.8, 4) is 0 Å². The average molecular weight is 409 g/mol. The van der Waals surface area contributed by atoms with Gasteiger partial charge in [0, 0.05) is 9.26 Å². The van der Waals surface area contributed by atoms with Gasteiger partial charge >= 0.3 is 5.97 Å². The Balaban J connectivity index is 1.98. The fourth-order valence-corrected chi connectivity index (χ4v) is 2.18. The van der Waals surface area contributed by atoms with Gasteiger partial charge in [-0.3, -0.25) is 4.79 Å². The fraction of sp³-hybridized carbons (Fsp3) is 0.176. The van der Waals surface area contributed by atoms with Crippen LogP contribution in [0.3, 0.4) is 0 Å². The molecule has 0 saturated heterocycles. The van der Waals surface area contributed by atoms with E-state index in [0.29, 0.717) is 11.3 Å². The molecule has 0 fully saturated rings. The lowest BCUT2D eigenvalue weighted by Crippen LogP contribution is -2.30. The van der Waals surface area contributed by atoms with Crippen LogP contribution in [0.25, 0.3) is 0 Å². The lowest BCUT2D eigenvalue weighted by atomic mass is 10.2. The molecule has 4 nitrogen and oxygen atoms in total. The first kappa shape index (κ1) is 16.5. The zero-order valence-electron chi connectivity index (χ0n) is 12.3. The van der Waals surface area contributed by atoms with Crippen LogP contribution in [0.1, 0.15) is 22.8 Å². The third-order valence-electron chi connectivity index (χ3n) is 3.14. The van der Waals surface area contributed by atoms with Crippen molar-refractivity contribution in [3.05, 3.63) is 63.2 Å². The molecule has 0 aliphatic carbocycles. The summed E-state index contributed by atoms with van der Waals surface area (Å²) >= 11 is 2.16. The van der Waals surface area contributed by atoms with E-state index in [0.717, 1.165) is 9.13 Å². The first-order valence-corrected chi connectivity index (χ1v) is 7.88. The molecule has 0 spiro atoms. The molecule has 5 heteroatoms. The first-order valence-electron chi connectivity index (χ1n) is 6.80. The van der Waals surface area contributed by atoms with Crippen LogP contribution in [0, 0.1) is 10.5 Å². The molecule has 22 heavy (non-hydrogen) atoms. The zero-order valence-corrected chi connectivity index (χ0v) is 14.5. The number of carbonyl (C=O) groups is 2. The number of benzene rings is 2. The number of halogens is 1. The second-order valence-corrected chi connectivity index (χ2v) is 6.10. The van der Waals surface area contributed by atoms with E-state index in [2.05, 4.69) is 27.9 Å². The predicted octanol–water partition coefficient (Wildman–Crippen LogP) is 3.78. The molecule has 1 atom stereocenters. The standard InChI is InChI=1S/C17H16INO3/c1-11-5-3-4-6-15(11)19-16(20)12(2)22-17(21)13-7-9-14(18)10-8-13/h3-10,12H,1-2H3,(H,19,20)/t12-/m0/s1. The van der Waals surface area contributed by atoms with Crippen LogP contribution in [0.5, 0.6) is 0 Å². The van der Waals surface area contributed by atoms with Crippen LogP contribution in [0.4, 0.5) is 5.69 Å². The molecule has 0 aromatic heterocycles. The Morgan fingerprint density at radius 3 is 2.36 bits per heavy atom. The summed E-state index contributed by atoms with van der Waals surface area (Å²) in [5.74, 6) is -0.864. The first-order chi connectivity index (χ1) is 10.5. The van der Waals surface area contributed by atoms with Crippen LogP contribution in [-0.4, -0.2) is 18.0 Å². The van der Waals surface area contributed by atoms with Gasteiger partial charge in [0.05, 0.1) is 5.56 Å². The summed E-state index contributed by atoms with van der Waals surface area (Å²) in [5.41, 5.74) is 2.09. The van der Waals surface area contributed by atoms with E-state index in [4.69, 9.17) is 4.74 Å². The molecule has 0 bridgehead atoms. The molecule has 0 radical (unpaired) electrons. The highest BCUT2D eigenvalue weighted by Gasteiger charge is 2.19. The lowest BCUT2D eigenvalue weighted by Gasteiger charge is -2.14. The van der Waals surface area contributed by atoms with Crippen molar-refractivity contribution in [3.63, 3.8) is 0 Å². The van der Waals surface area contributed by atoms with Gasteiger partial charge in [-0.25, -0.2) is 4.79 Å². The van der Waals surface area contributed by atoms with Crippen molar-refractivity contribution in [2.75, 3.05) is 5.32 Å². The summed E-state index contributed by atoms with van der Waals surface area (Å²) in [4.78, 5) is 24.1. The van der Waals surface area contributed by atoms with Crippen molar-refractivity contribution < 1.29 is 14.3 Å². The SMILES string of the molecule is Cc1ccccc1NC(=O)[C@H](C)OC(=O)c1ccc(I)cc1. The number of hydrogen-bond donors (Lipinski definition) is 1. The Hall–Kier alpha value is -1.89. The maximum Gasteiger partial charge on any atom is 0.338 e. The van der Waals surface area contributed by atoms with E-state index in [9.17, 15) is 9.59 Å². The normalized spacial score (nSPS) is 11.6. The van der Waals surface area contributed by atoms with Gasteiger partial charge in [-0.05, 0) is 72.3 Å². The number of hydrogen-bond acceptors (Lipinski definition) is 3. The summed E-state index contributed by atoms with van der Waals surface area (Å²) in [6, 6.07) is 14.4. The van der Waals surface area contributed by atoms with Gasteiger partial charge in [-0.1, -0.05) is 18.2 Å². The quantitative estimate of drug-likeness (QED) is 0.618. The number of esters is 1. The maximum atomic E-state index is 12.1. The molecule has 2 rings (SSSR count). The molecule has 1 N–H and O–H groups in total. The third-order valence-corrected chi connectivity index (χ3v) is 3.86. The molecule has 2 aromatic carbocycles. The van der Waals surface area contributed by atoms with Gasteiger partial charge in [0.25, 0.3) is 5.91 Å². The minimum atomic E-state index is -0.869. The maximum absolute atomic E-state index is 12.1. The Bertz CT molecular complexity index is 683. The van der Waals surface area contributed by atoms with Crippen LogP contribution < -0.4 is 5.32 Å². The number of aryl methyl sites for hydroxylation is 1. The molecular formula is C17H16INO3. The van der Waals surface area contributed by atoms with Gasteiger partial charge < -0.3 is 10.1 Å². The van der Waals surface area contributed by atoms with Crippen molar-refractivity contribution in [1.29, 1.82) is 0 Å². The number of nitrogens with one attached hydrogen (secondary N) is 1. The Kier molecular flexibility index (Phi) is 5.54. The number of carbonyl (C=O) groups excluding carboxylic acids is 2. The summed E-state index contributed by atoms with van der Waals surface area (Å²) in [5, 5.41) is 2.76. The smallest absolute Gasteiger partial charge is 0.338 e. The minimum absolute atomic E-state index is 0.354. The van der Waals surface area contributed by atoms with E-state index in [-0.39, 0.29) is 5.91 Å². The monoisotopic (exact) mass is 409 g/mol. The van der Waals surface area contributed by atoms with Crippen LogP contribution in [-0.2, 0) is 9.53 Å². The van der Waals surface area contributed by atoms with E-state index in [1.807, 2.05) is 37.3 Å². The second kappa shape index (κ2) is 7.40. The molecule has 0 aliphatic heterocycles. The summed E-state index contributed by atoms with van der Waals surface area (Å²) < 4.78 is 6.22. The molecule has 1 amide bonds. The third kappa shape index (κ3) is 4.30. The van der Waals surface area contributed by atoms with Crippen molar-refractivity contribution >= 4 is 40.2 Å². The molecule has 2 aromatic rings. The summed E-state index contributed by atoms with van der Waals surface area (Å²) in [6.45, 7) is 3.45. The van der Waals surface area contributed by atoms with Gasteiger partial charge in [0.2, 0.25) is 0 Å². The molecular weight excluding hydrogens is 393 g/mol. The largest absolute Gasteiger partial charge is 0.449 e. The second-order valence-electron chi connectivity index (χ2n) is 4.86. The van der Waals surface area contributed by atoms with Crippen molar-refractivity contribution in [2.24, 2.45) is 0 Å². The zero-order chi connectivity index (χ0) is 16.1. The van der Waals surface area contributed by atoms with E-state index < -0.39 is 12.1 Å². The van der Waals surface area contributed by atoms with E-state index in [1.54, 1.807) is 25.1 Å². The number of anilines is 1.